The van der Waals surface area contributed by atoms with Crippen molar-refractivity contribution in [3.63, 3.8) is 0 Å². The summed E-state index contributed by atoms with van der Waals surface area (Å²) < 4.78 is 10.9. The molecule has 0 atom stereocenters. The Balaban J connectivity index is 1.61. The van der Waals surface area contributed by atoms with Crippen LogP contribution in [0.4, 0.5) is 5.69 Å². The highest BCUT2D eigenvalue weighted by Crippen LogP contribution is 2.30. The Kier molecular flexibility index (Phi) is 5.07. The number of thioether (sulfide) groups is 1. The monoisotopic (exact) mass is 342 g/mol. The van der Waals surface area contributed by atoms with Crippen LogP contribution in [0.5, 0.6) is 5.75 Å². The lowest BCUT2D eigenvalue weighted by Gasteiger charge is -2.03. The van der Waals surface area contributed by atoms with Gasteiger partial charge >= 0.3 is 0 Å². The van der Waals surface area contributed by atoms with E-state index in [0.29, 0.717) is 28.1 Å². The molecule has 3 rings (SSSR count). The molecule has 0 bridgehead atoms. The van der Waals surface area contributed by atoms with Gasteiger partial charge in [-0.05, 0) is 24.3 Å². The number of nitrogens with one attached hydrogen (secondary N) is 1. The number of para-hydroxylation sites is 1. The van der Waals surface area contributed by atoms with Gasteiger partial charge in [0, 0.05) is 18.1 Å². The quantitative estimate of drug-likeness (QED) is 0.689. The van der Waals surface area contributed by atoms with Gasteiger partial charge in [-0.25, -0.2) is 0 Å². The second kappa shape index (κ2) is 7.60. The molecule has 0 spiro atoms. The summed E-state index contributed by atoms with van der Waals surface area (Å²) in [5, 5.41) is 11.0. The molecule has 0 saturated heterocycles. The summed E-state index contributed by atoms with van der Waals surface area (Å²) in [7, 11) is 1.58. The molecule has 0 aliphatic rings. The molecule has 2 aromatic heterocycles. The van der Waals surface area contributed by atoms with Crippen molar-refractivity contribution in [2.24, 2.45) is 0 Å². The van der Waals surface area contributed by atoms with E-state index >= 15 is 0 Å². The number of ether oxygens (including phenoxy) is 1. The highest BCUT2D eigenvalue weighted by Gasteiger charge is 2.14. The number of hydrogen-bond donors (Lipinski definition) is 1. The second-order valence-electron chi connectivity index (χ2n) is 4.65. The van der Waals surface area contributed by atoms with Gasteiger partial charge in [-0.1, -0.05) is 23.9 Å². The summed E-state index contributed by atoms with van der Waals surface area (Å²) in [4.78, 5) is 15.8. The van der Waals surface area contributed by atoms with E-state index in [1.807, 2.05) is 24.3 Å². The third-order valence-electron chi connectivity index (χ3n) is 3.03. The molecule has 1 amide bonds. The van der Waals surface area contributed by atoms with Crippen molar-refractivity contribution in [3.8, 4) is 17.2 Å². The fraction of sp³-hybridized carbons (Fsp3) is 0.125. The van der Waals surface area contributed by atoms with E-state index in [9.17, 15) is 4.79 Å². The summed E-state index contributed by atoms with van der Waals surface area (Å²) in [6.45, 7) is 0. The number of nitrogens with zero attached hydrogens (tertiary/aromatic N) is 3. The SMILES string of the molecule is COc1ccccc1-c1nnc(SCC(=O)Nc2ccncc2)o1. The molecule has 0 radical (unpaired) electrons. The van der Waals surface area contributed by atoms with Crippen molar-refractivity contribution in [3.05, 3.63) is 48.8 Å². The Morgan fingerprint density at radius 3 is 2.79 bits per heavy atom. The number of benzene rings is 1. The van der Waals surface area contributed by atoms with Gasteiger partial charge in [0.1, 0.15) is 5.75 Å². The Labute approximate surface area is 142 Å². The highest BCUT2D eigenvalue weighted by molar-refractivity contribution is 7.99. The minimum absolute atomic E-state index is 0.163. The van der Waals surface area contributed by atoms with Gasteiger partial charge in [0.25, 0.3) is 11.1 Å². The zero-order chi connectivity index (χ0) is 16.8. The second-order valence-corrected chi connectivity index (χ2v) is 5.57. The zero-order valence-corrected chi connectivity index (χ0v) is 13.6. The van der Waals surface area contributed by atoms with Crippen LogP contribution >= 0.6 is 11.8 Å². The largest absolute Gasteiger partial charge is 0.496 e. The van der Waals surface area contributed by atoms with E-state index in [2.05, 4.69) is 20.5 Å². The third kappa shape index (κ3) is 3.90. The van der Waals surface area contributed by atoms with Crippen LogP contribution in [0, 0.1) is 0 Å². The van der Waals surface area contributed by atoms with Gasteiger partial charge in [0.05, 0.1) is 18.4 Å². The Hall–Kier alpha value is -2.87. The van der Waals surface area contributed by atoms with Crippen LogP contribution < -0.4 is 10.1 Å². The van der Waals surface area contributed by atoms with Gasteiger partial charge in [0.15, 0.2) is 0 Å². The van der Waals surface area contributed by atoms with Crippen molar-refractivity contribution < 1.29 is 13.9 Å². The number of carbonyl (C=O) groups is 1. The first-order valence-electron chi connectivity index (χ1n) is 7.06. The molecular formula is C16H14N4O3S. The van der Waals surface area contributed by atoms with Gasteiger partial charge in [-0.3, -0.25) is 9.78 Å². The Morgan fingerprint density at radius 2 is 2.00 bits per heavy atom. The number of rotatable bonds is 6. The zero-order valence-electron chi connectivity index (χ0n) is 12.8. The average molecular weight is 342 g/mol. The van der Waals surface area contributed by atoms with Crippen molar-refractivity contribution in [2.75, 3.05) is 18.2 Å². The molecule has 7 nitrogen and oxygen atoms in total. The number of amides is 1. The summed E-state index contributed by atoms with van der Waals surface area (Å²) in [5.41, 5.74) is 1.40. The van der Waals surface area contributed by atoms with Crippen LogP contribution in [0.1, 0.15) is 0 Å². The van der Waals surface area contributed by atoms with E-state index < -0.39 is 0 Å². The molecule has 122 valence electrons. The van der Waals surface area contributed by atoms with Crippen LogP contribution in [-0.2, 0) is 4.79 Å². The number of methoxy groups -OCH3 is 1. The Morgan fingerprint density at radius 1 is 1.21 bits per heavy atom. The van der Waals surface area contributed by atoms with E-state index in [0.717, 1.165) is 0 Å². The molecule has 0 saturated carbocycles. The molecule has 24 heavy (non-hydrogen) atoms. The maximum atomic E-state index is 11.9. The molecule has 0 fully saturated rings. The smallest absolute Gasteiger partial charge is 0.277 e. The number of aromatic nitrogens is 3. The lowest BCUT2D eigenvalue weighted by molar-refractivity contribution is -0.113. The van der Waals surface area contributed by atoms with Crippen molar-refractivity contribution >= 4 is 23.4 Å². The number of pyridine rings is 1. The molecule has 3 aromatic rings. The van der Waals surface area contributed by atoms with Gasteiger partial charge in [0.2, 0.25) is 5.91 Å². The molecule has 0 unspecified atom stereocenters. The third-order valence-corrected chi connectivity index (χ3v) is 3.85. The van der Waals surface area contributed by atoms with Gasteiger partial charge in [-0.2, -0.15) is 0 Å². The van der Waals surface area contributed by atoms with Gasteiger partial charge < -0.3 is 14.5 Å². The normalized spacial score (nSPS) is 10.4. The molecule has 8 heteroatoms. The molecule has 0 aliphatic heterocycles. The number of hydrogen-bond acceptors (Lipinski definition) is 7. The summed E-state index contributed by atoms with van der Waals surface area (Å²) in [5.74, 6) is 0.997. The predicted octanol–water partition coefficient (Wildman–Crippen LogP) is 2.87. The van der Waals surface area contributed by atoms with E-state index in [1.165, 1.54) is 11.8 Å². The standard InChI is InChI=1S/C16H14N4O3S/c1-22-13-5-3-2-4-12(13)15-19-20-16(23-15)24-10-14(21)18-11-6-8-17-9-7-11/h2-9H,10H2,1H3,(H,17,18,21). The van der Waals surface area contributed by atoms with Crippen molar-refractivity contribution in [1.29, 1.82) is 0 Å². The van der Waals surface area contributed by atoms with Crippen LogP contribution in [-0.4, -0.2) is 34.0 Å². The molecule has 2 heterocycles. The fourth-order valence-corrected chi connectivity index (χ4v) is 2.52. The maximum absolute atomic E-state index is 11.9. The predicted molar refractivity (Wildman–Crippen MR) is 89.9 cm³/mol. The van der Waals surface area contributed by atoms with Crippen molar-refractivity contribution in [2.45, 2.75) is 5.22 Å². The average Bonchev–Trinajstić information content (AvgIpc) is 3.09. The van der Waals surface area contributed by atoms with Crippen LogP contribution in [0.25, 0.3) is 11.5 Å². The topological polar surface area (TPSA) is 90.1 Å². The van der Waals surface area contributed by atoms with Crippen LogP contribution in [0.15, 0.2) is 58.4 Å². The minimum Gasteiger partial charge on any atom is -0.496 e. The lowest BCUT2D eigenvalue weighted by atomic mass is 10.2. The molecule has 0 aliphatic carbocycles. The summed E-state index contributed by atoms with van der Waals surface area (Å²) in [6.07, 6.45) is 3.22. The first kappa shape index (κ1) is 16.0. The number of carbonyl (C=O) groups excluding carboxylic acids is 1. The number of anilines is 1. The maximum Gasteiger partial charge on any atom is 0.277 e. The molecule has 1 aromatic carbocycles. The first-order valence-corrected chi connectivity index (χ1v) is 8.04. The van der Waals surface area contributed by atoms with Crippen molar-refractivity contribution in [1.82, 2.24) is 15.2 Å². The summed E-state index contributed by atoms with van der Waals surface area (Å²) >= 11 is 1.17. The van der Waals surface area contributed by atoms with E-state index in [1.54, 1.807) is 31.6 Å². The minimum atomic E-state index is -0.164. The van der Waals surface area contributed by atoms with E-state index in [4.69, 9.17) is 9.15 Å². The summed E-state index contributed by atoms with van der Waals surface area (Å²) in [6, 6.07) is 10.8. The van der Waals surface area contributed by atoms with E-state index in [-0.39, 0.29) is 11.7 Å². The molecular weight excluding hydrogens is 328 g/mol. The van der Waals surface area contributed by atoms with Gasteiger partial charge in [-0.15, -0.1) is 10.2 Å². The Bertz CT molecular complexity index is 823. The molecule has 1 N–H and O–H groups in total. The lowest BCUT2D eigenvalue weighted by Crippen LogP contribution is -2.13. The first-order chi connectivity index (χ1) is 11.8. The van der Waals surface area contributed by atoms with Crippen LogP contribution in [0.3, 0.4) is 0 Å². The fourth-order valence-electron chi connectivity index (χ4n) is 1.96. The highest BCUT2D eigenvalue weighted by atomic mass is 32.2. The van der Waals surface area contributed by atoms with Crippen LogP contribution in [0.2, 0.25) is 0 Å².